The van der Waals surface area contributed by atoms with Crippen LogP contribution >= 0.6 is 0 Å². The minimum absolute atomic E-state index is 0.212. The second-order valence-corrected chi connectivity index (χ2v) is 3.48. The summed E-state index contributed by atoms with van der Waals surface area (Å²) in [6.07, 6.45) is 5.56. The quantitative estimate of drug-likeness (QED) is 0.622. The van der Waals surface area contributed by atoms with Gasteiger partial charge < -0.3 is 4.74 Å². The van der Waals surface area contributed by atoms with E-state index in [4.69, 9.17) is 10.00 Å². The first kappa shape index (κ1) is 8.55. The van der Waals surface area contributed by atoms with E-state index in [9.17, 15) is 0 Å². The molecule has 2 heteroatoms. The van der Waals surface area contributed by atoms with Crippen LogP contribution in [0.5, 0.6) is 0 Å². The van der Waals surface area contributed by atoms with Crippen molar-refractivity contribution in [1.29, 1.82) is 5.26 Å². The number of nitriles is 1. The largest absolute Gasteiger partial charge is 0.384 e. The van der Waals surface area contributed by atoms with E-state index >= 15 is 0 Å². The van der Waals surface area contributed by atoms with Crippen molar-refractivity contribution in [3.05, 3.63) is 0 Å². The maximum absolute atomic E-state index is 8.61. The van der Waals surface area contributed by atoms with Gasteiger partial charge in [-0.05, 0) is 12.8 Å². The first-order valence-corrected chi connectivity index (χ1v) is 4.19. The lowest BCUT2D eigenvalue weighted by atomic mass is 9.84. The van der Waals surface area contributed by atoms with Gasteiger partial charge in [-0.25, -0.2) is 0 Å². The highest BCUT2D eigenvalue weighted by Gasteiger charge is 2.33. The fourth-order valence-corrected chi connectivity index (χ4v) is 1.97. The van der Waals surface area contributed by atoms with Crippen LogP contribution in [0, 0.1) is 16.7 Å². The molecule has 0 unspecified atom stereocenters. The van der Waals surface area contributed by atoms with E-state index in [-0.39, 0.29) is 5.41 Å². The summed E-state index contributed by atoms with van der Waals surface area (Å²) >= 11 is 0. The smallest absolute Gasteiger partial charge is 0.0628 e. The maximum atomic E-state index is 8.61. The summed E-state index contributed by atoms with van der Waals surface area (Å²) in [5.41, 5.74) is 0.212. The molecule has 1 aliphatic carbocycles. The topological polar surface area (TPSA) is 33.0 Å². The highest BCUT2D eigenvalue weighted by Crippen LogP contribution is 2.40. The van der Waals surface area contributed by atoms with Crippen LogP contribution in [0.2, 0.25) is 0 Å². The zero-order chi connectivity index (χ0) is 8.16. The normalized spacial score (nSPS) is 21.5. The maximum Gasteiger partial charge on any atom is 0.0628 e. The first-order valence-electron chi connectivity index (χ1n) is 4.19. The second kappa shape index (κ2) is 3.73. The van der Waals surface area contributed by atoms with Gasteiger partial charge >= 0.3 is 0 Å². The average Bonchev–Trinajstić information content (AvgIpc) is 2.39. The van der Waals surface area contributed by atoms with E-state index in [2.05, 4.69) is 6.07 Å². The summed E-state index contributed by atoms with van der Waals surface area (Å²) in [5, 5.41) is 8.61. The molecule has 0 heterocycles. The van der Waals surface area contributed by atoms with Gasteiger partial charge in [0.05, 0.1) is 12.7 Å². The van der Waals surface area contributed by atoms with Gasteiger partial charge in [-0.2, -0.15) is 5.26 Å². The number of hydrogen-bond donors (Lipinski definition) is 0. The third-order valence-electron chi connectivity index (χ3n) is 2.57. The number of ether oxygens (including phenoxy) is 1. The Hall–Kier alpha value is -0.550. The summed E-state index contributed by atoms with van der Waals surface area (Å²) < 4.78 is 5.13. The van der Waals surface area contributed by atoms with Crippen LogP contribution < -0.4 is 0 Å². The van der Waals surface area contributed by atoms with Crippen LogP contribution in [0.15, 0.2) is 0 Å². The van der Waals surface area contributed by atoms with Crippen LogP contribution in [0.3, 0.4) is 0 Å². The molecule has 0 aromatic carbocycles. The van der Waals surface area contributed by atoms with Crippen LogP contribution in [-0.2, 0) is 4.74 Å². The lowest BCUT2D eigenvalue weighted by molar-refractivity contribution is 0.0866. The van der Waals surface area contributed by atoms with Crippen LogP contribution in [0.25, 0.3) is 0 Å². The molecule has 0 aromatic heterocycles. The molecular weight excluding hydrogens is 138 g/mol. The second-order valence-electron chi connectivity index (χ2n) is 3.48. The Labute approximate surface area is 68.2 Å². The summed E-state index contributed by atoms with van der Waals surface area (Å²) in [5.74, 6) is 0. The van der Waals surface area contributed by atoms with Crippen molar-refractivity contribution < 1.29 is 4.74 Å². The summed E-state index contributed by atoms with van der Waals surface area (Å²) in [6.45, 7) is 0.764. The number of hydrogen-bond acceptors (Lipinski definition) is 2. The van der Waals surface area contributed by atoms with Gasteiger partial charge in [0.15, 0.2) is 0 Å². The van der Waals surface area contributed by atoms with Crippen molar-refractivity contribution >= 4 is 0 Å². The van der Waals surface area contributed by atoms with E-state index in [1.54, 1.807) is 7.11 Å². The predicted molar refractivity (Wildman–Crippen MR) is 43.0 cm³/mol. The molecule has 1 rings (SSSR count). The van der Waals surface area contributed by atoms with E-state index in [1.165, 1.54) is 25.7 Å². The van der Waals surface area contributed by atoms with Crippen molar-refractivity contribution in [1.82, 2.24) is 0 Å². The number of methoxy groups -OCH3 is 1. The molecule has 0 radical (unpaired) electrons. The zero-order valence-electron chi connectivity index (χ0n) is 7.10. The van der Waals surface area contributed by atoms with Gasteiger partial charge in [-0.3, -0.25) is 0 Å². The van der Waals surface area contributed by atoms with Crippen molar-refractivity contribution in [2.45, 2.75) is 32.1 Å². The van der Waals surface area contributed by atoms with Crippen molar-refractivity contribution in [3.63, 3.8) is 0 Å². The molecule has 0 atom stereocenters. The summed E-state index contributed by atoms with van der Waals surface area (Å²) in [4.78, 5) is 0. The third kappa shape index (κ3) is 1.94. The van der Waals surface area contributed by atoms with Gasteiger partial charge in [0.2, 0.25) is 0 Å². The van der Waals surface area contributed by atoms with Crippen LogP contribution in [0.1, 0.15) is 32.1 Å². The molecule has 0 N–H and O–H groups in total. The summed E-state index contributed by atoms with van der Waals surface area (Å²) in [7, 11) is 1.72. The van der Waals surface area contributed by atoms with E-state index in [1.807, 2.05) is 0 Å². The lowest BCUT2D eigenvalue weighted by Crippen LogP contribution is -2.21. The minimum Gasteiger partial charge on any atom is -0.384 e. The molecule has 0 aromatic rings. The van der Waals surface area contributed by atoms with Gasteiger partial charge in [0.25, 0.3) is 0 Å². The van der Waals surface area contributed by atoms with Gasteiger partial charge in [-0.15, -0.1) is 0 Å². The van der Waals surface area contributed by atoms with Crippen molar-refractivity contribution in [2.24, 2.45) is 5.41 Å². The van der Waals surface area contributed by atoms with Gasteiger partial charge in [-0.1, -0.05) is 12.8 Å². The lowest BCUT2D eigenvalue weighted by Gasteiger charge is -2.24. The Balaban J connectivity index is 2.49. The Morgan fingerprint density at radius 1 is 1.45 bits per heavy atom. The fourth-order valence-electron chi connectivity index (χ4n) is 1.97. The molecule has 0 spiro atoms. The Bertz CT molecular complexity index is 153. The molecule has 1 fully saturated rings. The van der Waals surface area contributed by atoms with Crippen LogP contribution in [-0.4, -0.2) is 13.7 Å². The first-order chi connectivity index (χ1) is 5.33. The number of nitrogens with zero attached hydrogens (tertiary/aromatic N) is 1. The standard InChI is InChI=1S/C9H15NO/c1-11-8-9(6-7-10)4-2-3-5-9/h2-6,8H2,1H3. The molecule has 0 amide bonds. The predicted octanol–water partition coefficient (Wildman–Crippen LogP) is 2.11. The Morgan fingerprint density at radius 3 is 2.55 bits per heavy atom. The summed E-state index contributed by atoms with van der Waals surface area (Å²) in [6, 6.07) is 2.26. The molecule has 62 valence electrons. The van der Waals surface area contributed by atoms with E-state index in [0.29, 0.717) is 6.42 Å². The molecule has 1 aliphatic rings. The number of rotatable bonds is 3. The zero-order valence-corrected chi connectivity index (χ0v) is 7.10. The molecule has 0 bridgehead atoms. The molecule has 0 aliphatic heterocycles. The van der Waals surface area contributed by atoms with E-state index in [0.717, 1.165) is 6.61 Å². The molecule has 0 saturated heterocycles. The van der Waals surface area contributed by atoms with Crippen molar-refractivity contribution in [2.75, 3.05) is 13.7 Å². The Kier molecular flexibility index (Phi) is 2.90. The SMILES string of the molecule is COCC1(CC#N)CCCC1. The molecular formula is C9H15NO. The fraction of sp³-hybridized carbons (Fsp3) is 0.889. The molecule has 1 saturated carbocycles. The molecule has 2 nitrogen and oxygen atoms in total. The van der Waals surface area contributed by atoms with Gasteiger partial charge in [0, 0.05) is 18.9 Å². The van der Waals surface area contributed by atoms with Crippen molar-refractivity contribution in [3.8, 4) is 6.07 Å². The highest BCUT2D eigenvalue weighted by molar-refractivity contribution is 4.91. The average molecular weight is 153 g/mol. The monoisotopic (exact) mass is 153 g/mol. The minimum atomic E-state index is 0.212. The highest BCUT2D eigenvalue weighted by atomic mass is 16.5. The third-order valence-corrected chi connectivity index (χ3v) is 2.57. The van der Waals surface area contributed by atoms with E-state index < -0.39 is 0 Å². The van der Waals surface area contributed by atoms with Gasteiger partial charge in [0.1, 0.15) is 0 Å². The molecule has 11 heavy (non-hydrogen) atoms. The Morgan fingerprint density at radius 2 is 2.09 bits per heavy atom. The van der Waals surface area contributed by atoms with Crippen LogP contribution in [0.4, 0.5) is 0 Å².